The number of hydrogen-bond donors (Lipinski definition) is 0. The van der Waals surface area contributed by atoms with Crippen molar-refractivity contribution in [2.24, 2.45) is 0 Å². The molecular formula is C14H26Pt. The predicted molar refractivity (Wildman–Crippen MR) is 69.0 cm³/mol. The Labute approximate surface area is 112 Å². The van der Waals surface area contributed by atoms with Crippen LogP contribution in [0.3, 0.4) is 0 Å². The van der Waals surface area contributed by atoms with Crippen molar-refractivity contribution in [3.63, 3.8) is 0 Å². The zero-order valence-corrected chi connectivity index (χ0v) is 13.2. The molecule has 0 saturated carbocycles. The average Bonchev–Trinajstić information content (AvgIpc) is 2.63. The first kappa shape index (κ1) is 24.3. The third-order valence-electron chi connectivity index (χ3n) is 0.556. The fraction of sp³-hybridized carbons (Fsp3) is 0.429. The zero-order chi connectivity index (χ0) is 11.7. The van der Waals surface area contributed by atoms with Gasteiger partial charge >= 0.3 is 21.1 Å². The van der Waals surface area contributed by atoms with Gasteiger partial charge in [0.05, 0.1) is 0 Å². The van der Waals surface area contributed by atoms with Crippen LogP contribution in [0, 0.1) is 19.3 Å². The maximum Gasteiger partial charge on any atom is 4.00 e. The fourth-order valence-electron chi connectivity index (χ4n) is 0.321. The Kier molecular flexibility index (Phi) is 59.9. The summed E-state index contributed by atoms with van der Waals surface area (Å²) < 4.78 is 0. The smallest absolute Gasteiger partial charge is 0.335 e. The van der Waals surface area contributed by atoms with Gasteiger partial charge in [-0.3, -0.25) is 0 Å². The second-order valence-electron chi connectivity index (χ2n) is 2.69. The molecule has 1 aromatic rings. The molecule has 0 bridgehead atoms. The Hall–Kier alpha value is 0.0383. The fourth-order valence-corrected chi connectivity index (χ4v) is 0.321. The van der Waals surface area contributed by atoms with Gasteiger partial charge in [-0.15, -0.1) is 0 Å². The van der Waals surface area contributed by atoms with E-state index in [4.69, 9.17) is 0 Å². The van der Waals surface area contributed by atoms with Gasteiger partial charge in [-0.2, -0.15) is 59.7 Å². The molecule has 0 N–H and O–H groups in total. The van der Waals surface area contributed by atoms with Crippen molar-refractivity contribution in [2.75, 3.05) is 0 Å². The van der Waals surface area contributed by atoms with Crippen LogP contribution < -0.4 is 0 Å². The van der Waals surface area contributed by atoms with Crippen molar-refractivity contribution >= 4 is 0 Å². The second-order valence-corrected chi connectivity index (χ2v) is 2.69. The van der Waals surface area contributed by atoms with Crippen molar-refractivity contribution in [3.05, 3.63) is 49.6 Å². The van der Waals surface area contributed by atoms with Crippen LogP contribution >= 0.6 is 0 Å². The summed E-state index contributed by atoms with van der Waals surface area (Å²) in [5.74, 6) is 0. The molecule has 1 aromatic carbocycles. The SMILES string of the molecule is C[CH-]C.C[CH-]C.C[CH-]C.[Pt+4].c1cc[cH-]c1. The summed E-state index contributed by atoms with van der Waals surface area (Å²) in [6.07, 6.45) is 6.00. The minimum atomic E-state index is 0. The van der Waals surface area contributed by atoms with E-state index in [9.17, 15) is 0 Å². The summed E-state index contributed by atoms with van der Waals surface area (Å²) in [5.41, 5.74) is 0. The van der Waals surface area contributed by atoms with Crippen LogP contribution in [0.1, 0.15) is 41.5 Å². The molecule has 0 aliphatic rings. The van der Waals surface area contributed by atoms with Gasteiger partial charge in [0.15, 0.2) is 0 Å². The van der Waals surface area contributed by atoms with E-state index in [-0.39, 0.29) is 21.1 Å². The van der Waals surface area contributed by atoms with E-state index in [1.807, 2.05) is 91.1 Å². The molecule has 0 fully saturated rings. The molecule has 0 aliphatic carbocycles. The van der Waals surface area contributed by atoms with Gasteiger partial charge < -0.3 is 19.3 Å². The van der Waals surface area contributed by atoms with Gasteiger partial charge in [0, 0.05) is 0 Å². The van der Waals surface area contributed by atoms with E-state index in [0.717, 1.165) is 0 Å². The Balaban J connectivity index is -0.0000000550. The molecule has 1 heteroatoms. The normalized spacial score (nSPS) is 6.27. The molecule has 0 nitrogen and oxygen atoms in total. The van der Waals surface area contributed by atoms with Crippen LogP contribution in [0.2, 0.25) is 0 Å². The van der Waals surface area contributed by atoms with Crippen molar-refractivity contribution in [1.82, 2.24) is 0 Å². The van der Waals surface area contributed by atoms with E-state index in [2.05, 4.69) is 0 Å². The second kappa shape index (κ2) is 36.9. The van der Waals surface area contributed by atoms with E-state index in [1.54, 1.807) is 0 Å². The van der Waals surface area contributed by atoms with Crippen LogP contribution in [0.4, 0.5) is 0 Å². The summed E-state index contributed by atoms with van der Waals surface area (Å²) in [6, 6.07) is 10.0. The molecule has 0 spiro atoms. The van der Waals surface area contributed by atoms with Gasteiger partial charge in [0.2, 0.25) is 0 Å². The van der Waals surface area contributed by atoms with Gasteiger partial charge in [0.1, 0.15) is 0 Å². The summed E-state index contributed by atoms with van der Waals surface area (Å²) in [4.78, 5) is 0. The predicted octanol–water partition coefficient (Wildman–Crippen LogP) is 5.09. The molecule has 0 radical (unpaired) electrons. The van der Waals surface area contributed by atoms with Gasteiger partial charge in [-0.05, 0) is 0 Å². The quantitative estimate of drug-likeness (QED) is 0.542. The largest absolute Gasteiger partial charge is 4.00 e. The molecule has 0 saturated heterocycles. The first-order valence-electron chi connectivity index (χ1n) is 5.13. The van der Waals surface area contributed by atoms with Gasteiger partial charge in [-0.1, -0.05) is 0 Å². The topological polar surface area (TPSA) is 0 Å². The van der Waals surface area contributed by atoms with Crippen molar-refractivity contribution in [2.45, 2.75) is 41.5 Å². The summed E-state index contributed by atoms with van der Waals surface area (Å²) in [7, 11) is 0. The Morgan fingerprint density at radius 3 is 0.933 bits per heavy atom. The molecule has 0 atom stereocenters. The molecule has 1 rings (SSSR count). The minimum absolute atomic E-state index is 0. The summed E-state index contributed by atoms with van der Waals surface area (Å²) >= 11 is 0. The maximum absolute atomic E-state index is 2.00. The first-order chi connectivity index (χ1) is 6.74. The Morgan fingerprint density at radius 1 is 0.667 bits per heavy atom. The van der Waals surface area contributed by atoms with E-state index < -0.39 is 0 Å². The summed E-state index contributed by atoms with van der Waals surface area (Å²) in [6.45, 7) is 12.0. The number of rotatable bonds is 0. The Bertz CT molecular complexity index is 88.9. The van der Waals surface area contributed by atoms with Crippen LogP contribution in [-0.4, -0.2) is 0 Å². The monoisotopic (exact) mass is 389 g/mol. The van der Waals surface area contributed by atoms with Crippen LogP contribution in [0.5, 0.6) is 0 Å². The van der Waals surface area contributed by atoms with Crippen LogP contribution in [-0.2, 0) is 21.1 Å². The molecule has 0 aliphatic heterocycles. The van der Waals surface area contributed by atoms with Crippen molar-refractivity contribution < 1.29 is 21.1 Å². The molecule has 0 heterocycles. The maximum atomic E-state index is 2.00. The zero-order valence-electron chi connectivity index (χ0n) is 10.9. The van der Waals surface area contributed by atoms with Crippen molar-refractivity contribution in [3.8, 4) is 0 Å². The molecular weight excluding hydrogens is 363 g/mol. The van der Waals surface area contributed by atoms with Crippen LogP contribution in [0.25, 0.3) is 0 Å². The minimum Gasteiger partial charge on any atom is -0.335 e. The van der Waals surface area contributed by atoms with E-state index in [1.165, 1.54) is 0 Å². The molecule has 15 heavy (non-hydrogen) atoms. The molecule has 0 unspecified atom stereocenters. The van der Waals surface area contributed by atoms with E-state index in [0.29, 0.717) is 0 Å². The van der Waals surface area contributed by atoms with Crippen molar-refractivity contribution in [1.29, 1.82) is 0 Å². The standard InChI is InChI=1S/C5H5.3C3H7.Pt/c1-2-4-5-3-1;3*1-3-2;/h1-5H;3*3H,1-2H3;/q4*-1;+4. The molecule has 0 amide bonds. The van der Waals surface area contributed by atoms with Crippen LogP contribution in [0.15, 0.2) is 30.3 Å². The Morgan fingerprint density at radius 2 is 0.867 bits per heavy atom. The third-order valence-corrected chi connectivity index (χ3v) is 0.556. The van der Waals surface area contributed by atoms with Gasteiger partial charge in [0.25, 0.3) is 0 Å². The molecule has 92 valence electrons. The average molecular weight is 389 g/mol. The molecule has 0 aromatic heterocycles. The summed E-state index contributed by atoms with van der Waals surface area (Å²) in [5, 5.41) is 0. The number of hydrogen-bond acceptors (Lipinski definition) is 0. The van der Waals surface area contributed by atoms with E-state index >= 15 is 0 Å². The first-order valence-corrected chi connectivity index (χ1v) is 5.13. The van der Waals surface area contributed by atoms with Gasteiger partial charge in [-0.25, -0.2) is 12.1 Å². The third kappa shape index (κ3) is 80.1.